The molecule has 0 aliphatic heterocycles. The van der Waals surface area contributed by atoms with E-state index < -0.39 is 0 Å². The average molecular weight is 330 g/mol. The maximum absolute atomic E-state index is 12.1. The number of carbonyl (C=O) groups excluding carboxylic acids is 1. The Morgan fingerprint density at radius 1 is 1.00 bits per heavy atom. The van der Waals surface area contributed by atoms with E-state index in [1.165, 1.54) is 0 Å². The summed E-state index contributed by atoms with van der Waals surface area (Å²) in [6.45, 7) is 3.73. The molecule has 1 heterocycles. The zero-order chi connectivity index (χ0) is 17.4. The van der Waals surface area contributed by atoms with Gasteiger partial charge in [0, 0.05) is 11.3 Å². The first-order valence-electron chi connectivity index (χ1n) is 8.32. The van der Waals surface area contributed by atoms with Crippen LogP contribution in [0, 0.1) is 5.92 Å². The summed E-state index contributed by atoms with van der Waals surface area (Å²) >= 11 is 0. The minimum Gasteiger partial charge on any atom is -0.436 e. The Kier molecular flexibility index (Phi) is 3.73. The molecule has 0 aliphatic rings. The van der Waals surface area contributed by atoms with Crippen molar-refractivity contribution in [2.75, 3.05) is 5.32 Å². The summed E-state index contributed by atoms with van der Waals surface area (Å²) in [7, 11) is 0. The highest BCUT2D eigenvalue weighted by Gasteiger charge is 2.16. The van der Waals surface area contributed by atoms with Gasteiger partial charge in [-0.05, 0) is 23.6 Å². The molecule has 25 heavy (non-hydrogen) atoms. The van der Waals surface area contributed by atoms with Crippen LogP contribution in [0.5, 0.6) is 0 Å². The summed E-state index contributed by atoms with van der Waals surface area (Å²) in [6, 6.07) is 19.6. The highest BCUT2D eigenvalue weighted by Crippen LogP contribution is 2.33. The quantitative estimate of drug-likeness (QED) is 0.558. The Labute approximate surface area is 145 Å². The summed E-state index contributed by atoms with van der Waals surface area (Å²) in [5, 5.41) is 5.13. The Balaban J connectivity index is 1.85. The van der Waals surface area contributed by atoms with E-state index >= 15 is 0 Å². The largest absolute Gasteiger partial charge is 0.436 e. The van der Waals surface area contributed by atoms with Crippen molar-refractivity contribution in [1.82, 2.24) is 4.98 Å². The van der Waals surface area contributed by atoms with E-state index in [0.29, 0.717) is 11.6 Å². The molecule has 1 N–H and O–H groups in total. The molecule has 0 bridgehead atoms. The van der Waals surface area contributed by atoms with E-state index in [1.807, 2.05) is 68.4 Å². The van der Waals surface area contributed by atoms with Gasteiger partial charge in [-0.1, -0.05) is 56.3 Å². The molecule has 1 aromatic heterocycles. The van der Waals surface area contributed by atoms with Crippen molar-refractivity contribution in [3.63, 3.8) is 0 Å². The Morgan fingerprint density at radius 3 is 2.60 bits per heavy atom. The minimum absolute atomic E-state index is 0.0333. The van der Waals surface area contributed by atoms with Crippen LogP contribution in [0.1, 0.15) is 13.8 Å². The lowest BCUT2D eigenvalue weighted by molar-refractivity contribution is -0.118. The molecule has 0 fully saturated rings. The second kappa shape index (κ2) is 6.06. The molecule has 0 atom stereocenters. The Bertz CT molecular complexity index is 1080. The van der Waals surface area contributed by atoms with Crippen LogP contribution in [0.4, 0.5) is 5.69 Å². The van der Waals surface area contributed by atoms with Crippen LogP contribution < -0.4 is 5.32 Å². The first kappa shape index (κ1) is 15.4. The Hall–Kier alpha value is -3.14. The molecule has 4 heteroatoms. The normalized spacial score (nSPS) is 11.3. The van der Waals surface area contributed by atoms with E-state index in [0.717, 1.165) is 27.4 Å². The van der Waals surface area contributed by atoms with E-state index in [2.05, 4.69) is 11.4 Å². The van der Waals surface area contributed by atoms with Crippen molar-refractivity contribution in [3.8, 4) is 11.5 Å². The summed E-state index contributed by atoms with van der Waals surface area (Å²) in [5.74, 6) is 0.376. The van der Waals surface area contributed by atoms with Crippen molar-refractivity contribution in [3.05, 3.63) is 60.7 Å². The highest BCUT2D eigenvalue weighted by atomic mass is 16.3. The fourth-order valence-corrected chi connectivity index (χ4v) is 2.83. The number of amides is 1. The number of oxazole rings is 1. The molecule has 0 spiro atoms. The summed E-state index contributed by atoms with van der Waals surface area (Å²) in [5.41, 5.74) is 3.05. The molecule has 4 rings (SSSR count). The van der Waals surface area contributed by atoms with Crippen molar-refractivity contribution in [1.29, 1.82) is 0 Å². The molecule has 0 unspecified atom stereocenters. The standard InChI is InChI=1S/C21H18N2O2/c1-13(2)20(24)22-17-10-6-5-9-16(17)21-23-19-15-8-4-3-7-14(15)11-12-18(19)25-21/h3-13H,1-2H3,(H,22,24). The number of aromatic nitrogens is 1. The first-order chi connectivity index (χ1) is 12.1. The average Bonchev–Trinajstić information content (AvgIpc) is 3.06. The number of nitrogens with one attached hydrogen (secondary N) is 1. The van der Waals surface area contributed by atoms with Gasteiger partial charge in [-0.15, -0.1) is 0 Å². The smallest absolute Gasteiger partial charge is 0.229 e. The topological polar surface area (TPSA) is 55.1 Å². The van der Waals surface area contributed by atoms with Crippen LogP contribution in [-0.2, 0) is 4.79 Å². The number of anilines is 1. The Morgan fingerprint density at radius 2 is 1.76 bits per heavy atom. The lowest BCUT2D eigenvalue weighted by Gasteiger charge is -2.10. The summed E-state index contributed by atoms with van der Waals surface area (Å²) < 4.78 is 5.98. The van der Waals surface area contributed by atoms with Gasteiger partial charge < -0.3 is 9.73 Å². The van der Waals surface area contributed by atoms with Gasteiger partial charge in [0.1, 0.15) is 5.52 Å². The summed E-state index contributed by atoms with van der Waals surface area (Å²) in [4.78, 5) is 16.8. The van der Waals surface area contributed by atoms with Crippen molar-refractivity contribution in [2.45, 2.75) is 13.8 Å². The summed E-state index contributed by atoms with van der Waals surface area (Å²) in [6.07, 6.45) is 0. The van der Waals surface area contributed by atoms with E-state index in [9.17, 15) is 4.79 Å². The monoisotopic (exact) mass is 330 g/mol. The number of nitrogens with zero attached hydrogens (tertiary/aromatic N) is 1. The third-order valence-corrected chi connectivity index (χ3v) is 4.22. The zero-order valence-electron chi connectivity index (χ0n) is 14.1. The van der Waals surface area contributed by atoms with Gasteiger partial charge in [0.05, 0.1) is 11.3 Å². The molecular formula is C21H18N2O2. The molecule has 4 aromatic rings. The van der Waals surface area contributed by atoms with Crippen molar-refractivity contribution < 1.29 is 9.21 Å². The molecule has 1 amide bonds. The molecule has 124 valence electrons. The van der Waals surface area contributed by atoms with Crippen molar-refractivity contribution in [2.24, 2.45) is 5.92 Å². The molecule has 0 saturated carbocycles. The van der Waals surface area contributed by atoms with Crippen LogP contribution in [-0.4, -0.2) is 10.9 Å². The van der Waals surface area contributed by atoms with Gasteiger partial charge in [-0.25, -0.2) is 4.98 Å². The highest BCUT2D eigenvalue weighted by molar-refractivity contribution is 6.04. The number of rotatable bonds is 3. The van der Waals surface area contributed by atoms with Crippen LogP contribution in [0.25, 0.3) is 33.3 Å². The number of hydrogen-bond donors (Lipinski definition) is 1. The second-order valence-electron chi connectivity index (χ2n) is 6.34. The van der Waals surface area contributed by atoms with Gasteiger partial charge in [-0.3, -0.25) is 4.79 Å². The van der Waals surface area contributed by atoms with Gasteiger partial charge in [0.2, 0.25) is 11.8 Å². The molecule has 0 saturated heterocycles. The third-order valence-electron chi connectivity index (χ3n) is 4.22. The van der Waals surface area contributed by atoms with Gasteiger partial charge >= 0.3 is 0 Å². The van der Waals surface area contributed by atoms with E-state index in [4.69, 9.17) is 9.40 Å². The van der Waals surface area contributed by atoms with Crippen LogP contribution in [0.2, 0.25) is 0 Å². The minimum atomic E-state index is -0.0966. The maximum atomic E-state index is 12.1. The number of hydrogen-bond acceptors (Lipinski definition) is 3. The number of carbonyl (C=O) groups is 1. The fraction of sp³-hybridized carbons (Fsp3) is 0.143. The van der Waals surface area contributed by atoms with Gasteiger partial charge in [0.25, 0.3) is 0 Å². The predicted octanol–water partition coefficient (Wildman–Crippen LogP) is 5.24. The van der Waals surface area contributed by atoms with Crippen molar-refractivity contribution >= 4 is 33.5 Å². The molecule has 0 aliphatic carbocycles. The first-order valence-corrected chi connectivity index (χ1v) is 8.32. The zero-order valence-corrected chi connectivity index (χ0v) is 14.1. The molecule has 4 nitrogen and oxygen atoms in total. The van der Waals surface area contributed by atoms with Crippen LogP contribution in [0.3, 0.4) is 0 Å². The number of para-hydroxylation sites is 1. The second-order valence-corrected chi connectivity index (χ2v) is 6.34. The molecular weight excluding hydrogens is 312 g/mol. The SMILES string of the molecule is CC(C)C(=O)Nc1ccccc1-c1nc2c(ccc3ccccc32)o1. The lowest BCUT2D eigenvalue weighted by atomic mass is 10.1. The van der Waals surface area contributed by atoms with Gasteiger partial charge in [0.15, 0.2) is 5.58 Å². The van der Waals surface area contributed by atoms with Crippen LogP contribution in [0.15, 0.2) is 65.1 Å². The third kappa shape index (κ3) is 2.76. The maximum Gasteiger partial charge on any atom is 0.229 e. The molecule has 3 aromatic carbocycles. The van der Waals surface area contributed by atoms with E-state index in [1.54, 1.807) is 0 Å². The number of fused-ring (bicyclic) bond motifs is 3. The fourth-order valence-electron chi connectivity index (χ4n) is 2.83. The number of benzene rings is 3. The van der Waals surface area contributed by atoms with E-state index in [-0.39, 0.29) is 11.8 Å². The van der Waals surface area contributed by atoms with Crippen LogP contribution >= 0.6 is 0 Å². The predicted molar refractivity (Wildman–Crippen MR) is 100 cm³/mol. The molecule has 0 radical (unpaired) electrons. The lowest BCUT2D eigenvalue weighted by Crippen LogP contribution is -2.18. The van der Waals surface area contributed by atoms with Gasteiger partial charge in [-0.2, -0.15) is 0 Å².